The number of carbonyl (C=O) groups is 3. The second-order valence-corrected chi connectivity index (χ2v) is 18.5. The van der Waals surface area contributed by atoms with Gasteiger partial charge in [-0.1, -0.05) is 41.5 Å². The summed E-state index contributed by atoms with van der Waals surface area (Å²) in [4.78, 5) is 39.8. The van der Waals surface area contributed by atoms with Crippen LogP contribution in [0, 0.1) is 52.3 Å². The third-order valence-corrected chi connectivity index (χ3v) is 15.1. The van der Waals surface area contributed by atoms with Gasteiger partial charge in [0.15, 0.2) is 24.4 Å². The van der Waals surface area contributed by atoms with Gasteiger partial charge in [0.2, 0.25) is 5.78 Å². The smallest absolute Gasteiger partial charge is 0.337 e. The molecule has 0 aromatic carbocycles. The van der Waals surface area contributed by atoms with Gasteiger partial charge in [0.1, 0.15) is 48.5 Å². The van der Waals surface area contributed by atoms with Crippen LogP contribution in [-0.2, 0) is 38.1 Å². The Morgan fingerprint density at radius 1 is 0.857 bits per heavy atom. The Morgan fingerprint density at radius 3 is 2.20 bits per heavy atom. The molecule has 2 saturated heterocycles. The lowest BCUT2D eigenvalue weighted by Crippen LogP contribution is -2.65. The summed E-state index contributed by atoms with van der Waals surface area (Å²) < 4.78 is 28.6. The van der Waals surface area contributed by atoms with E-state index in [9.17, 15) is 50.1 Å². The summed E-state index contributed by atoms with van der Waals surface area (Å²) in [5, 5.41) is 74.5. The van der Waals surface area contributed by atoms with E-state index in [0.717, 1.165) is 44.8 Å². The molecule has 2 aliphatic heterocycles. The molecule has 0 radical (unpaired) electrons. The van der Waals surface area contributed by atoms with E-state index in [4.69, 9.17) is 23.7 Å². The molecule has 15 nitrogen and oxygen atoms in total. The molecule has 4 aliphatic carbocycles. The Hall–Kier alpha value is -2.05. The highest BCUT2D eigenvalue weighted by atomic mass is 16.8. The van der Waals surface area contributed by atoms with Gasteiger partial charge < -0.3 is 59.4 Å². The van der Waals surface area contributed by atoms with Crippen molar-refractivity contribution >= 4 is 17.5 Å². The van der Waals surface area contributed by atoms with Crippen molar-refractivity contribution in [3.8, 4) is 0 Å². The number of carbonyl (C=O) groups excluding carboxylic acids is 3. The van der Waals surface area contributed by atoms with Gasteiger partial charge >= 0.3 is 5.97 Å². The van der Waals surface area contributed by atoms with E-state index in [-0.39, 0.29) is 64.2 Å². The molecule has 6 aliphatic rings. The Balaban J connectivity index is 1.17. The maximum absolute atomic E-state index is 14.0. The summed E-state index contributed by atoms with van der Waals surface area (Å²) in [5.74, 6) is -1.21. The van der Waals surface area contributed by atoms with E-state index in [1.54, 1.807) is 0 Å². The van der Waals surface area contributed by atoms with Crippen LogP contribution in [0.25, 0.3) is 0 Å². The quantitative estimate of drug-likeness (QED) is 0.116. The number of aliphatic hydroxyl groups excluding tert-OH is 7. The summed E-state index contributed by atoms with van der Waals surface area (Å²) in [7, 11) is 1.11. The van der Waals surface area contributed by atoms with Gasteiger partial charge in [-0.05, 0) is 85.5 Å². The number of hydrogen-bond acceptors (Lipinski definition) is 15. The minimum absolute atomic E-state index is 0.0625. The molecule has 56 heavy (non-hydrogen) atoms. The molecule has 318 valence electrons. The van der Waals surface area contributed by atoms with Gasteiger partial charge in [-0.25, -0.2) is 4.79 Å². The molecule has 19 unspecified atom stereocenters. The highest BCUT2D eigenvalue weighted by Crippen LogP contribution is 2.67. The van der Waals surface area contributed by atoms with Crippen LogP contribution >= 0.6 is 0 Å². The third-order valence-electron chi connectivity index (χ3n) is 15.1. The topological polar surface area (TPSA) is 239 Å². The normalized spacial score (nSPS) is 46.5. The maximum Gasteiger partial charge on any atom is 0.337 e. The van der Waals surface area contributed by atoms with Gasteiger partial charge in [-0.2, -0.15) is 0 Å². The van der Waals surface area contributed by atoms with Crippen LogP contribution in [0.15, 0.2) is 11.3 Å². The van der Waals surface area contributed by atoms with Gasteiger partial charge in [-0.3, -0.25) is 9.59 Å². The second-order valence-electron chi connectivity index (χ2n) is 18.5. The summed E-state index contributed by atoms with van der Waals surface area (Å²) in [5.41, 5.74) is 0.0637. The molecule has 3 saturated carbocycles. The van der Waals surface area contributed by atoms with Crippen molar-refractivity contribution in [3.63, 3.8) is 0 Å². The van der Waals surface area contributed by atoms with Crippen molar-refractivity contribution < 1.29 is 73.8 Å². The summed E-state index contributed by atoms with van der Waals surface area (Å²) >= 11 is 0. The highest BCUT2D eigenvalue weighted by Gasteiger charge is 2.64. The fraction of sp³-hybridized carbons (Fsp3) is 0.878. The van der Waals surface area contributed by atoms with Gasteiger partial charge in [-0.15, -0.1) is 0 Å². The Bertz CT molecular complexity index is 1500. The van der Waals surface area contributed by atoms with Crippen LogP contribution in [0.3, 0.4) is 0 Å². The number of fused-ring (bicyclic) bond motifs is 5. The molecule has 0 aromatic heterocycles. The molecular formula is C41H64O15. The number of rotatable bonds is 11. The second kappa shape index (κ2) is 16.5. The molecule has 7 N–H and O–H groups in total. The fourth-order valence-electron chi connectivity index (χ4n) is 11.6. The van der Waals surface area contributed by atoms with Crippen molar-refractivity contribution in [2.45, 2.75) is 160 Å². The predicted octanol–water partition coefficient (Wildman–Crippen LogP) is 1.71. The molecule has 19 atom stereocenters. The predicted molar refractivity (Wildman–Crippen MR) is 196 cm³/mol. The molecule has 15 heteroatoms. The van der Waals surface area contributed by atoms with Crippen molar-refractivity contribution in [2.75, 3.05) is 13.7 Å². The van der Waals surface area contributed by atoms with E-state index >= 15 is 0 Å². The first-order chi connectivity index (χ1) is 26.3. The monoisotopic (exact) mass is 796 g/mol. The zero-order chi connectivity index (χ0) is 41.2. The molecule has 0 spiro atoms. The lowest BCUT2D eigenvalue weighted by Gasteiger charge is -2.60. The first kappa shape index (κ1) is 43.5. The Kier molecular flexibility index (Phi) is 12.9. The molecule has 5 fully saturated rings. The number of methoxy groups -OCH3 is 1. The lowest BCUT2D eigenvalue weighted by atomic mass is 9.44. The minimum atomic E-state index is -1.82. The molecular weight excluding hydrogens is 732 g/mol. The SMILES string of the molecule is COC(=O)C1OC(OC2CCC3(C)C(CCC4C5C(=O)C(O)=C(C(C)CC(=O)C(C)C(C)C)C5(C)CCC43)C2)C(OC2OC(CO)C(O)C(O)C2O)C(O)C1O. The Morgan fingerprint density at radius 2 is 1.55 bits per heavy atom. The number of aliphatic hydroxyl groups is 7. The number of allylic oxidation sites excluding steroid dienone is 2. The van der Waals surface area contributed by atoms with Crippen LogP contribution in [0.2, 0.25) is 0 Å². The third kappa shape index (κ3) is 7.41. The molecule has 6 rings (SSSR count). The number of Topliss-reactive ketones (excluding diaryl/α,β-unsaturated/α-hetero) is 2. The molecule has 0 amide bonds. The van der Waals surface area contributed by atoms with Gasteiger partial charge in [0.05, 0.1) is 19.8 Å². The van der Waals surface area contributed by atoms with Crippen molar-refractivity contribution in [1.82, 2.24) is 0 Å². The zero-order valence-corrected chi connectivity index (χ0v) is 33.7. The van der Waals surface area contributed by atoms with E-state index in [0.29, 0.717) is 19.3 Å². The zero-order valence-electron chi connectivity index (χ0n) is 33.7. The van der Waals surface area contributed by atoms with Crippen molar-refractivity contribution in [2.24, 2.45) is 52.3 Å². The van der Waals surface area contributed by atoms with Crippen LogP contribution in [0.1, 0.15) is 92.9 Å². The average molecular weight is 797 g/mol. The standard InChI is InChI=1S/C41H64O15/c1-17(2)19(4)24(43)14-18(3)26-29(45)30(46)27-22-9-8-20-15-21(10-12-40(20,5)23(22)11-13-41(26,27)6)53-39-36(33(49)32(48)35(55-39)37(51)52-7)56-38-34(50)31(47)28(44)25(16-42)54-38/h17-23,25,27-28,31-36,38-39,42,44-45,47-50H,8-16H2,1-7H3. The first-order valence-electron chi connectivity index (χ1n) is 20.5. The number of hydrogen-bond donors (Lipinski definition) is 7. The number of ether oxygens (including phenoxy) is 5. The minimum Gasteiger partial charge on any atom is -0.504 e. The maximum atomic E-state index is 14.0. The van der Waals surface area contributed by atoms with Crippen molar-refractivity contribution in [1.29, 1.82) is 0 Å². The van der Waals surface area contributed by atoms with E-state index in [1.165, 1.54) is 0 Å². The summed E-state index contributed by atoms with van der Waals surface area (Å²) in [6.07, 6.45) is -11.5. The van der Waals surface area contributed by atoms with E-state index in [1.807, 2.05) is 27.7 Å². The highest BCUT2D eigenvalue weighted by molar-refractivity contribution is 6.00. The fourth-order valence-corrected chi connectivity index (χ4v) is 11.6. The summed E-state index contributed by atoms with van der Waals surface area (Å²) in [6, 6.07) is 0. The molecule has 2 heterocycles. The molecule has 0 bridgehead atoms. The van der Waals surface area contributed by atoms with E-state index < -0.39 is 85.5 Å². The van der Waals surface area contributed by atoms with Crippen LogP contribution in [-0.4, -0.2) is 135 Å². The van der Waals surface area contributed by atoms with Gasteiger partial charge in [0.25, 0.3) is 0 Å². The largest absolute Gasteiger partial charge is 0.504 e. The number of ketones is 2. The lowest BCUT2D eigenvalue weighted by molar-refractivity contribution is -0.369. The van der Waals surface area contributed by atoms with Gasteiger partial charge in [0, 0.05) is 23.7 Å². The number of esters is 1. The average Bonchev–Trinajstić information content (AvgIpc) is 3.37. The van der Waals surface area contributed by atoms with Crippen LogP contribution < -0.4 is 0 Å². The van der Waals surface area contributed by atoms with Crippen LogP contribution in [0.4, 0.5) is 0 Å². The van der Waals surface area contributed by atoms with E-state index in [2.05, 4.69) is 13.8 Å². The first-order valence-corrected chi connectivity index (χ1v) is 20.5. The van der Waals surface area contributed by atoms with Crippen molar-refractivity contribution in [3.05, 3.63) is 11.3 Å². The Labute approximate surface area is 328 Å². The molecule has 0 aromatic rings. The summed E-state index contributed by atoms with van der Waals surface area (Å²) in [6.45, 7) is 11.6. The van der Waals surface area contributed by atoms with Crippen LogP contribution in [0.5, 0.6) is 0 Å².